The molecule has 6 heteroatoms. The first-order valence-electron chi connectivity index (χ1n) is 5.56. The Balaban J connectivity index is 2.43. The summed E-state index contributed by atoms with van der Waals surface area (Å²) in [5.41, 5.74) is 0.116. The molecule has 4 nitrogen and oxygen atoms in total. The summed E-state index contributed by atoms with van der Waals surface area (Å²) >= 11 is 9.53. The molecule has 0 saturated carbocycles. The number of anilines is 1. The summed E-state index contributed by atoms with van der Waals surface area (Å²) in [6, 6.07) is 3.78. The number of aromatic nitrogens is 2. The van der Waals surface area contributed by atoms with Crippen molar-refractivity contribution in [3.05, 3.63) is 32.1 Å². The Labute approximate surface area is 117 Å². The number of rotatable bonds is 0. The summed E-state index contributed by atoms with van der Waals surface area (Å²) in [5.74, 6) is 0.796. The quantitative estimate of drug-likeness (QED) is 0.808. The van der Waals surface area contributed by atoms with Crippen molar-refractivity contribution in [1.29, 1.82) is 0 Å². The Morgan fingerprint density at radius 1 is 1.50 bits per heavy atom. The van der Waals surface area contributed by atoms with Crippen molar-refractivity contribution in [3.8, 4) is 0 Å². The van der Waals surface area contributed by atoms with Crippen molar-refractivity contribution in [2.24, 2.45) is 0 Å². The number of halogens is 2. The predicted octanol–water partition coefficient (Wildman–Crippen LogP) is 3.02. The molecular weight excluding hydrogens is 318 g/mol. The van der Waals surface area contributed by atoms with Crippen molar-refractivity contribution in [2.75, 3.05) is 5.32 Å². The van der Waals surface area contributed by atoms with E-state index in [4.69, 9.17) is 11.6 Å². The van der Waals surface area contributed by atoms with Crippen LogP contribution in [-0.4, -0.2) is 15.1 Å². The molecule has 1 aromatic heterocycles. The smallest absolute Gasteiger partial charge is 0.349 e. The molecule has 1 aliphatic heterocycles. The van der Waals surface area contributed by atoms with E-state index in [2.05, 4.69) is 26.2 Å². The molecule has 0 fully saturated rings. The van der Waals surface area contributed by atoms with E-state index in [1.54, 1.807) is 4.57 Å². The zero-order chi connectivity index (χ0) is 13.1. The van der Waals surface area contributed by atoms with E-state index in [1.807, 2.05) is 26.0 Å². The molecule has 1 aliphatic rings. The van der Waals surface area contributed by atoms with Gasteiger partial charge in [0.1, 0.15) is 5.82 Å². The first kappa shape index (κ1) is 12.0. The minimum absolute atomic E-state index is 0.151. The van der Waals surface area contributed by atoms with Gasteiger partial charge in [0.2, 0.25) is 0 Å². The number of nitrogens with one attached hydrogen (secondary N) is 1. The lowest BCUT2D eigenvalue weighted by atomic mass is 10.1. The maximum Gasteiger partial charge on any atom is 0.349 e. The minimum atomic E-state index is -0.268. The van der Waals surface area contributed by atoms with Crippen LogP contribution in [0, 0.1) is 0 Å². The number of nitrogens with zero attached hydrogens (tertiary/aromatic N) is 2. The summed E-state index contributed by atoms with van der Waals surface area (Å²) in [5, 5.41) is 4.69. The van der Waals surface area contributed by atoms with Gasteiger partial charge in [0.25, 0.3) is 0 Å². The maximum atomic E-state index is 12.0. The third-order valence-electron chi connectivity index (χ3n) is 3.04. The van der Waals surface area contributed by atoms with Crippen LogP contribution >= 0.6 is 27.5 Å². The van der Waals surface area contributed by atoms with Crippen molar-refractivity contribution in [2.45, 2.75) is 25.9 Å². The van der Waals surface area contributed by atoms with E-state index < -0.39 is 0 Å². The fourth-order valence-corrected chi connectivity index (χ4v) is 2.80. The Morgan fingerprint density at radius 3 is 2.94 bits per heavy atom. The van der Waals surface area contributed by atoms with E-state index >= 15 is 0 Å². The summed E-state index contributed by atoms with van der Waals surface area (Å²) in [6.45, 7) is 4.70. The highest BCUT2D eigenvalue weighted by Gasteiger charge is 2.30. The summed E-state index contributed by atoms with van der Waals surface area (Å²) in [7, 11) is 0. The van der Waals surface area contributed by atoms with E-state index in [0.717, 1.165) is 15.7 Å². The first-order valence-corrected chi connectivity index (χ1v) is 6.73. The molecule has 0 bridgehead atoms. The van der Waals surface area contributed by atoms with Crippen LogP contribution in [0.5, 0.6) is 0 Å². The second-order valence-electron chi connectivity index (χ2n) is 5.10. The second-order valence-corrected chi connectivity index (χ2v) is 6.33. The third-order valence-corrected chi connectivity index (χ3v) is 4.31. The average Bonchev–Trinajstić information content (AvgIpc) is 2.61. The van der Waals surface area contributed by atoms with Gasteiger partial charge in [0.05, 0.1) is 22.6 Å². The minimum Gasteiger partial charge on any atom is -0.364 e. The van der Waals surface area contributed by atoms with Crippen molar-refractivity contribution in [3.63, 3.8) is 0 Å². The summed E-state index contributed by atoms with van der Waals surface area (Å²) < 4.78 is 2.40. The van der Waals surface area contributed by atoms with Gasteiger partial charge < -0.3 is 5.32 Å². The molecule has 2 aromatic rings. The lowest BCUT2D eigenvalue weighted by Gasteiger charge is -2.16. The van der Waals surface area contributed by atoms with Gasteiger partial charge in [-0.15, -0.1) is 0 Å². The summed E-state index contributed by atoms with van der Waals surface area (Å²) in [4.78, 5) is 16.1. The van der Waals surface area contributed by atoms with Crippen LogP contribution in [0.3, 0.4) is 0 Å². The molecule has 0 unspecified atom stereocenters. The third kappa shape index (κ3) is 1.65. The fourth-order valence-electron chi connectivity index (χ4n) is 2.27. The van der Waals surface area contributed by atoms with Crippen molar-refractivity contribution < 1.29 is 0 Å². The van der Waals surface area contributed by atoms with Crippen molar-refractivity contribution >= 4 is 44.3 Å². The summed E-state index contributed by atoms with van der Waals surface area (Å²) in [6.07, 6.45) is 0. The first-order chi connectivity index (χ1) is 8.39. The van der Waals surface area contributed by atoms with Crippen LogP contribution in [-0.2, 0) is 6.54 Å². The van der Waals surface area contributed by atoms with Gasteiger partial charge in [-0.05, 0) is 41.9 Å². The van der Waals surface area contributed by atoms with Gasteiger partial charge in [0.15, 0.2) is 0 Å². The van der Waals surface area contributed by atoms with E-state index in [-0.39, 0.29) is 11.2 Å². The Kier molecular flexibility index (Phi) is 2.47. The lowest BCUT2D eigenvalue weighted by molar-refractivity contribution is 0.513. The Morgan fingerprint density at radius 2 is 2.22 bits per heavy atom. The molecular formula is C12H11BrClN3O. The molecule has 94 valence electrons. The zero-order valence-corrected chi connectivity index (χ0v) is 12.3. The highest BCUT2D eigenvalue weighted by molar-refractivity contribution is 9.10. The molecule has 0 atom stereocenters. The molecule has 2 heterocycles. The van der Waals surface area contributed by atoms with Crippen LogP contribution in [0.2, 0.25) is 5.02 Å². The van der Waals surface area contributed by atoms with Gasteiger partial charge in [0, 0.05) is 9.86 Å². The van der Waals surface area contributed by atoms with Crippen molar-refractivity contribution in [1.82, 2.24) is 9.55 Å². The zero-order valence-electron chi connectivity index (χ0n) is 9.92. The number of benzene rings is 1. The molecule has 3 rings (SSSR count). The SMILES string of the molecule is CC1(C)Cn2c(c3ccc(Br)c(Cl)c3nc2=O)N1. The number of hydrogen-bond donors (Lipinski definition) is 1. The second kappa shape index (κ2) is 3.71. The van der Waals surface area contributed by atoms with Gasteiger partial charge in [-0.1, -0.05) is 11.6 Å². The van der Waals surface area contributed by atoms with Crippen LogP contribution in [0.15, 0.2) is 21.4 Å². The van der Waals surface area contributed by atoms with Crippen LogP contribution < -0.4 is 11.0 Å². The van der Waals surface area contributed by atoms with E-state index in [1.165, 1.54) is 0 Å². The largest absolute Gasteiger partial charge is 0.364 e. The highest BCUT2D eigenvalue weighted by atomic mass is 79.9. The molecule has 0 saturated heterocycles. The molecule has 1 aromatic carbocycles. The molecule has 18 heavy (non-hydrogen) atoms. The van der Waals surface area contributed by atoms with E-state index in [9.17, 15) is 4.79 Å². The topological polar surface area (TPSA) is 46.9 Å². The highest BCUT2D eigenvalue weighted by Crippen LogP contribution is 2.35. The van der Waals surface area contributed by atoms with Gasteiger partial charge in [-0.25, -0.2) is 4.79 Å². The van der Waals surface area contributed by atoms with Gasteiger partial charge >= 0.3 is 5.69 Å². The average molecular weight is 329 g/mol. The predicted molar refractivity (Wildman–Crippen MR) is 76.4 cm³/mol. The fraction of sp³-hybridized carbons (Fsp3) is 0.333. The van der Waals surface area contributed by atoms with Gasteiger partial charge in [-0.2, -0.15) is 4.98 Å². The molecule has 1 N–H and O–H groups in total. The molecule has 0 spiro atoms. The Hall–Kier alpha value is -1.07. The lowest BCUT2D eigenvalue weighted by Crippen LogP contribution is -2.30. The monoisotopic (exact) mass is 327 g/mol. The van der Waals surface area contributed by atoms with E-state index in [0.29, 0.717) is 17.1 Å². The molecule has 0 amide bonds. The maximum absolute atomic E-state index is 12.0. The van der Waals surface area contributed by atoms with Crippen LogP contribution in [0.4, 0.5) is 5.82 Å². The van der Waals surface area contributed by atoms with Crippen LogP contribution in [0.1, 0.15) is 13.8 Å². The standard InChI is InChI=1S/C12H11BrClN3O/c1-12(2)5-17-10(16-12)6-3-4-7(13)8(14)9(6)15-11(17)18/h3-4,16H,5H2,1-2H3. The number of fused-ring (bicyclic) bond motifs is 3. The Bertz CT molecular complexity index is 723. The molecule has 0 radical (unpaired) electrons. The van der Waals surface area contributed by atoms with Gasteiger partial charge in [-0.3, -0.25) is 4.57 Å². The van der Waals surface area contributed by atoms with Crippen LogP contribution in [0.25, 0.3) is 10.9 Å². The molecule has 0 aliphatic carbocycles. The number of hydrogen-bond acceptors (Lipinski definition) is 3. The normalized spacial score (nSPS) is 16.7.